The Hall–Kier alpha value is -1.73. The van der Waals surface area contributed by atoms with Crippen LogP contribution in [0.5, 0.6) is 0 Å². The lowest BCUT2D eigenvalue weighted by molar-refractivity contribution is 0.528. The number of nitrogens with zero attached hydrogens (tertiary/aromatic N) is 2. The van der Waals surface area contributed by atoms with Crippen LogP contribution >= 0.6 is 0 Å². The number of nitrogens with one attached hydrogen (secondary N) is 1. The maximum absolute atomic E-state index is 12.8. The van der Waals surface area contributed by atoms with E-state index in [0.29, 0.717) is 12.1 Å². The zero-order valence-electron chi connectivity index (χ0n) is 12.9. The molecule has 1 N–H and O–H groups in total. The molecule has 0 amide bonds. The highest BCUT2D eigenvalue weighted by Crippen LogP contribution is 2.16. The van der Waals surface area contributed by atoms with Crippen LogP contribution in [0.3, 0.4) is 0 Å². The van der Waals surface area contributed by atoms with E-state index in [2.05, 4.69) is 9.82 Å². The quantitative estimate of drug-likeness (QED) is 0.887. The Morgan fingerprint density at radius 3 is 2.45 bits per heavy atom. The number of hydrogen-bond donors (Lipinski definition) is 1. The molecule has 0 fully saturated rings. The van der Waals surface area contributed by atoms with E-state index in [-0.39, 0.29) is 23.3 Å². The van der Waals surface area contributed by atoms with Crippen LogP contribution in [0, 0.1) is 12.7 Å². The summed E-state index contributed by atoms with van der Waals surface area (Å²) in [6.07, 6.45) is 2.04. The molecule has 2 rings (SSSR count). The summed E-state index contributed by atoms with van der Waals surface area (Å²) in [7, 11) is -3.59. The van der Waals surface area contributed by atoms with Crippen molar-refractivity contribution in [2.75, 3.05) is 6.54 Å². The summed E-state index contributed by atoms with van der Waals surface area (Å²) in [4.78, 5) is 0.195. The lowest BCUT2D eigenvalue weighted by Gasteiger charge is -2.06. The van der Waals surface area contributed by atoms with Crippen LogP contribution in [0.15, 0.2) is 35.4 Å². The highest BCUT2D eigenvalue weighted by molar-refractivity contribution is 7.89. The van der Waals surface area contributed by atoms with Crippen molar-refractivity contribution in [2.45, 2.75) is 38.1 Å². The first-order valence-electron chi connectivity index (χ1n) is 7.09. The number of rotatable bonds is 6. The van der Waals surface area contributed by atoms with Crippen molar-refractivity contribution in [2.24, 2.45) is 0 Å². The van der Waals surface area contributed by atoms with Crippen LogP contribution < -0.4 is 4.72 Å². The first-order valence-corrected chi connectivity index (χ1v) is 8.58. The normalized spacial score (nSPS) is 12.0. The van der Waals surface area contributed by atoms with E-state index >= 15 is 0 Å². The van der Waals surface area contributed by atoms with Gasteiger partial charge < -0.3 is 0 Å². The monoisotopic (exact) mass is 325 g/mol. The predicted molar refractivity (Wildman–Crippen MR) is 82.6 cm³/mol. The van der Waals surface area contributed by atoms with Gasteiger partial charge in [-0.1, -0.05) is 12.1 Å². The van der Waals surface area contributed by atoms with Crippen LogP contribution in [0.4, 0.5) is 4.39 Å². The van der Waals surface area contributed by atoms with E-state index < -0.39 is 10.0 Å². The molecule has 2 aromatic rings. The highest BCUT2D eigenvalue weighted by Gasteiger charge is 2.20. The van der Waals surface area contributed by atoms with Crippen molar-refractivity contribution < 1.29 is 12.8 Å². The lowest BCUT2D eigenvalue weighted by atomic mass is 10.1. The summed E-state index contributed by atoms with van der Waals surface area (Å²) in [6, 6.07) is 6.11. The van der Waals surface area contributed by atoms with Gasteiger partial charge in [0.15, 0.2) is 0 Å². The highest BCUT2D eigenvalue weighted by atomic mass is 32.2. The van der Waals surface area contributed by atoms with E-state index in [1.807, 2.05) is 13.8 Å². The van der Waals surface area contributed by atoms with Crippen molar-refractivity contribution in [1.29, 1.82) is 0 Å². The molecule has 1 aromatic carbocycles. The molecule has 0 atom stereocenters. The first-order chi connectivity index (χ1) is 10.3. The largest absolute Gasteiger partial charge is 0.269 e. The van der Waals surface area contributed by atoms with Gasteiger partial charge in [-0.15, -0.1) is 0 Å². The Morgan fingerprint density at radius 2 is 1.91 bits per heavy atom. The van der Waals surface area contributed by atoms with Crippen molar-refractivity contribution in [3.8, 4) is 0 Å². The van der Waals surface area contributed by atoms with E-state index in [4.69, 9.17) is 0 Å². The Morgan fingerprint density at radius 1 is 1.27 bits per heavy atom. The summed E-state index contributed by atoms with van der Waals surface area (Å²) in [5, 5.41) is 4.21. The van der Waals surface area contributed by atoms with Gasteiger partial charge in [0.25, 0.3) is 0 Å². The van der Waals surface area contributed by atoms with E-state index in [0.717, 1.165) is 5.56 Å². The van der Waals surface area contributed by atoms with Gasteiger partial charge >= 0.3 is 0 Å². The van der Waals surface area contributed by atoms with Gasteiger partial charge in [0.2, 0.25) is 10.0 Å². The van der Waals surface area contributed by atoms with Crippen LogP contribution in [-0.4, -0.2) is 24.7 Å². The van der Waals surface area contributed by atoms with Crippen molar-refractivity contribution >= 4 is 10.0 Å². The molecule has 0 unspecified atom stereocenters. The topological polar surface area (TPSA) is 64.0 Å². The standard InChI is InChI=1S/C15H20FN3O2S/c1-11(2)19-10-15(12(3)18-19)22(20,21)17-9-8-13-4-6-14(16)7-5-13/h4-7,10-11,17H,8-9H2,1-3H3. The Bertz CT molecular complexity index is 737. The van der Waals surface area contributed by atoms with E-state index in [9.17, 15) is 12.8 Å². The second-order valence-electron chi connectivity index (χ2n) is 5.43. The molecule has 0 aliphatic heterocycles. The molecule has 0 saturated heterocycles. The van der Waals surface area contributed by atoms with Crippen LogP contribution in [0.2, 0.25) is 0 Å². The molecule has 1 aromatic heterocycles. The zero-order chi connectivity index (χ0) is 16.3. The van der Waals surface area contributed by atoms with E-state index in [1.54, 1.807) is 29.9 Å². The summed E-state index contributed by atoms with van der Waals surface area (Å²) in [5.74, 6) is -0.305. The number of aromatic nitrogens is 2. The fourth-order valence-corrected chi connectivity index (χ4v) is 3.25. The molecule has 7 heteroatoms. The van der Waals surface area contributed by atoms with Gasteiger partial charge in [-0.3, -0.25) is 4.68 Å². The third kappa shape index (κ3) is 3.92. The number of sulfonamides is 1. The second-order valence-corrected chi connectivity index (χ2v) is 7.16. The first kappa shape index (κ1) is 16.6. The Labute approximate surface area is 130 Å². The van der Waals surface area contributed by atoms with Gasteiger partial charge in [-0.05, 0) is 44.9 Å². The Balaban J connectivity index is 2.03. The van der Waals surface area contributed by atoms with Crippen molar-refractivity contribution in [3.63, 3.8) is 0 Å². The number of aryl methyl sites for hydroxylation is 1. The van der Waals surface area contributed by atoms with Gasteiger partial charge in [0, 0.05) is 18.8 Å². The molecule has 0 bridgehead atoms. The summed E-state index contributed by atoms with van der Waals surface area (Å²) in [5.41, 5.74) is 1.35. The molecular weight excluding hydrogens is 305 g/mol. The summed E-state index contributed by atoms with van der Waals surface area (Å²) >= 11 is 0. The van der Waals surface area contributed by atoms with E-state index in [1.165, 1.54) is 12.1 Å². The third-order valence-electron chi connectivity index (χ3n) is 3.31. The fourth-order valence-electron chi connectivity index (χ4n) is 2.05. The van der Waals surface area contributed by atoms with Crippen LogP contribution in [0.25, 0.3) is 0 Å². The molecular formula is C15H20FN3O2S. The molecule has 5 nitrogen and oxygen atoms in total. The fraction of sp³-hybridized carbons (Fsp3) is 0.400. The minimum Gasteiger partial charge on any atom is -0.269 e. The molecule has 0 aliphatic carbocycles. The molecule has 0 saturated carbocycles. The molecule has 120 valence electrons. The molecule has 0 radical (unpaired) electrons. The average Bonchev–Trinajstić information content (AvgIpc) is 2.84. The van der Waals surface area contributed by atoms with Gasteiger partial charge in [-0.25, -0.2) is 17.5 Å². The maximum Gasteiger partial charge on any atom is 0.243 e. The predicted octanol–water partition coefficient (Wildman–Crippen LogP) is 2.43. The van der Waals surface area contributed by atoms with Crippen molar-refractivity contribution in [1.82, 2.24) is 14.5 Å². The lowest BCUT2D eigenvalue weighted by Crippen LogP contribution is -2.26. The van der Waals surface area contributed by atoms with Crippen LogP contribution in [-0.2, 0) is 16.4 Å². The molecule has 0 aliphatic rings. The smallest absolute Gasteiger partial charge is 0.243 e. The maximum atomic E-state index is 12.8. The molecule has 1 heterocycles. The number of benzene rings is 1. The summed E-state index contributed by atoms with van der Waals surface area (Å²) in [6.45, 7) is 5.79. The zero-order valence-corrected chi connectivity index (χ0v) is 13.7. The minimum atomic E-state index is -3.59. The molecule has 22 heavy (non-hydrogen) atoms. The third-order valence-corrected chi connectivity index (χ3v) is 4.87. The number of halogens is 1. The minimum absolute atomic E-state index is 0.0989. The van der Waals surface area contributed by atoms with Gasteiger partial charge in [-0.2, -0.15) is 5.10 Å². The summed E-state index contributed by atoms with van der Waals surface area (Å²) < 4.78 is 41.6. The van der Waals surface area contributed by atoms with Crippen molar-refractivity contribution in [3.05, 3.63) is 47.5 Å². The Kier molecular flexibility index (Phi) is 4.97. The van der Waals surface area contributed by atoms with Crippen LogP contribution in [0.1, 0.15) is 31.1 Å². The second kappa shape index (κ2) is 6.58. The molecule has 0 spiro atoms. The van der Waals surface area contributed by atoms with Gasteiger partial charge in [0.1, 0.15) is 10.7 Å². The SMILES string of the molecule is Cc1nn(C(C)C)cc1S(=O)(=O)NCCc1ccc(F)cc1. The average molecular weight is 325 g/mol. The number of hydrogen-bond acceptors (Lipinski definition) is 3. The van der Waals surface area contributed by atoms with Gasteiger partial charge in [0.05, 0.1) is 5.69 Å².